The van der Waals surface area contributed by atoms with Crippen LogP contribution in [-0.4, -0.2) is 71.6 Å². The fraction of sp³-hybridized carbons (Fsp3) is 0.500. The van der Waals surface area contributed by atoms with Gasteiger partial charge >= 0.3 is 6.09 Å². The van der Waals surface area contributed by atoms with Crippen molar-refractivity contribution >= 4 is 27.9 Å². The summed E-state index contributed by atoms with van der Waals surface area (Å²) < 4.78 is 5.73. The van der Waals surface area contributed by atoms with Crippen LogP contribution in [0.5, 0.6) is 0 Å². The molecule has 9 heteroatoms. The van der Waals surface area contributed by atoms with E-state index >= 15 is 0 Å². The Kier molecular flexibility index (Phi) is 7.38. The standard InChI is InChI=1S/C22H30BrN5O3/c1-13(2)19(26-22(30)31-5)21(29)28-12-16(27(3)4)10-18(28)20-24-11-17(25-20)14-6-8-15(23)9-7-14/h6-9,11,13,16,18-19H,10,12H2,1-5H3,(H,24,25)(H,26,30)/t16-,18-,19-/m0/s1. The molecule has 3 rings (SSSR count). The topological polar surface area (TPSA) is 90.6 Å². The minimum atomic E-state index is -0.670. The number of hydrogen-bond donors (Lipinski definition) is 2. The van der Waals surface area contributed by atoms with E-state index in [4.69, 9.17) is 9.72 Å². The molecule has 0 unspecified atom stereocenters. The molecule has 2 heterocycles. The van der Waals surface area contributed by atoms with E-state index in [-0.39, 0.29) is 23.9 Å². The monoisotopic (exact) mass is 491 g/mol. The summed E-state index contributed by atoms with van der Waals surface area (Å²) in [5, 5.41) is 2.69. The van der Waals surface area contributed by atoms with Crippen molar-refractivity contribution in [3.8, 4) is 11.3 Å². The highest BCUT2D eigenvalue weighted by atomic mass is 79.9. The largest absolute Gasteiger partial charge is 0.453 e. The van der Waals surface area contributed by atoms with Gasteiger partial charge in [0.05, 0.1) is 18.8 Å². The zero-order valence-corrected chi connectivity index (χ0v) is 20.1. The second-order valence-corrected chi connectivity index (χ2v) is 9.31. The Bertz CT molecular complexity index is 912. The average Bonchev–Trinajstić information content (AvgIpc) is 3.39. The van der Waals surface area contributed by atoms with Gasteiger partial charge in [0.1, 0.15) is 11.9 Å². The van der Waals surface area contributed by atoms with Crippen molar-refractivity contribution in [3.05, 3.63) is 40.8 Å². The fourth-order valence-electron chi connectivity index (χ4n) is 3.84. The fourth-order valence-corrected chi connectivity index (χ4v) is 4.11. The Morgan fingerprint density at radius 2 is 1.97 bits per heavy atom. The van der Waals surface area contributed by atoms with Crippen molar-refractivity contribution < 1.29 is 14.3 Å². The normalized spacial score (nSPS) is 19.7. The average molecular weight is 492 g/mol. The highest BCUT2D eigenvalue weighted by Gasteiger charge is 2.42. The lowest BCUT2D eigenvalue weighted by Crippen LogP contribution is -2.51. The number of carbonyl (C=O) groups excluding carboxylic acids is 2. The van der Waals surface area contributed by atoms with E-state index in [1.165, 1.54) is 7.11 Å². The number of nitrogens with zero attached hydrogens (tertiary/aromatic N) is 3. The van der Waals surface area contributed by atoms with Gasteiger partial charge in [-0.15, -0.1) is 0 Å². The summed E-state index contributed by atoms with van der Waals surface area (Å²) in [4.78, 5) is 37.3. The smallest absolute Gasteiger partial charge is 0.407 e. The number of aromatic amines is 1. The van der Waals surface area contributed by atoms with Gasteiger partial charge in [-0.1, -0.05) is 41.9 Å². The van der Waals surface area contributed by atoms with Crippen LogP contribution < -0.4 is 5.32 Å². The molecule has 1 aliphatic rings. The third-order valence-corrected chi connectivity index (χ3v) is 6.27. The molecule has 0 radical (unpaired) electrons. The number of aromatic nitrogens is 2. The van der Waals surface area contributed by atoms with Crippen molar-refractivity contribution in [3.63, 3.8) is 0 Å². The summed E-state index contributed by atoms with van der Waals surface area (Å²) in [5.41, 5.74) is 1.83. The number of ether oxygens (including phenoxy) is 1. The first-order valence-corrected chi connectivity index (χ1v) is 11.1. The molecule has 1 fully saturated rings. The number of carbonyl (C=O) groups is 2. The molecule has 0 aliphatic carbocycles. The first-order valence-electron chi connectivity index (χ1n) is 10.3. The van der Waals surface area contributed by atoms with E-state index in [1.807, 2.05) is 63.3 Å². The van der Waals surface area contributed by atoms with E-state index in [1.54, 1.807) is 0 Å². The second-order valence-electron chi connectivity index (χ2n) is 8.39. The van der Waals surface area contributed by atoms with Crippen LogP contribution in [-0.2, 0) is 9.53 Å². The third-order valence-electron chi connectivity index (χ3n) is 5.74. The maximum Gasteiger partial charge on any atom is 0.407 e. The molecule has 0 saturated carbocycles. The molecule has 2 N–H and O–H groups in total. The molecule has 31 heavy (non-hydrogen) atoms. The lowest BCUT2D eigenvalue weighted by atomic mass is 10.0. The molecule has 3 atom stereocenters. The number of halogens is 1. The number of likely N-dealkylation sites (N-methyl/N-ethyl adjacent to an activating group) is 1. The maximum absolute atomic E-state index is 13.5. The lowest BCUT2D eigenvalue weighted by molar-refractivity contribution is -0.135. The summed E-state index contributed by atoms with van der Waals surface area (Å²) >= 11 is 3.45. The molecule has 2 aromatic rings. The quantitative estimate of drug-likeness (QED) is 0.645. The number of likely N-dealkylation sites (tertiary alicyclic amines) is 1. The van der Waals surface area contributed by atoms with Gasteiger partial charge in [0, 0.05) is 28.8 Å². The van der Waals surface area contributed by atoms with Gasteiger partial charge in [0.25, 0.3) is 0 Å². The molecule has 0 spiro atoms. The zero-order chi connectivity index (χ0) is 22.7. The number of H-pyrrole nitrogens is 1. The van der Waals surface area contributed by atoms with Crippen LogP contribution in [0.25, 0.3) is 11.3 Å². The van der Waals surface area contributed by atoms with E-state index < -0.39 is 12.1 Å². The number of imidazole rings is 1. The van der Waals surface area contributed by atoms with Gasteiger partial charge < -0.3 is 24.8 Å². The Labute approximate surface area is 191 Å². The molecule has 2 amide bonds. The first-order chi connectivity index (χ1) is 14.7. The summed E-state index contributed by atoms with van der Waals surface area (Å²) in [6, 6.07) is 7.27. The minimum absolute atomic E-state index is 0.0828. The van der Waals surface area contributed by atoms with Crippen molar-refractivity contribution in [2.45, 2.75) is 38.4 Å². The van der Waals surface area contributed by atoms with Gasteiger partial charge in [-0.2, -0.15) is 0 Å². The van der Waals surface area contributed by atoms with Crippen LogP contribution >= 0.6 is 15.9 Å². The maximum atomic E-state index is 13.5. The third kappa shape index (κ3) is 5.27. The molecule has 8 nitrogen and oxygen atoms in total. The van der Waals surface area contributed by atoms with Gasteiger partial charge in [0.15, 0.2) is 0 Å². The second kappa shape index (κ2) is 9.82. The molecule has 168 valence electrons. The molecular weight excluding hydrogens is 462 g/mol. The van der Waals surface area contributed by atoms with Crippen LogP contribution in [0.3, 0.4) is 0 Å². The van der Waals surface area contributed by atoms with E-state index in [0.29, 0.717) is 6.54 Å². The first kappa shape index (κ1) is 23.3. The number of alkyl carbamates (subject to hydrolysis) is 1. The van der Waals surface area contributed by atoms with Crippen LogP contribution in [0.2, 0.25) is 0 Å². The molecule has 1 aromatic carbocycles. The number of methoxy groups -OCH3 is 1. The van der Waals surface area contributed by atoms with E-state index in [2.05, 4.69) is 31.1 Å². The Morgan fingerprint density at radius 1 is 1.29 bits per heavy atom. The summed E-state index contributed by atoms with van der Waals surface area (Å²) in [7, 11) is 5.32. The zero-order valence-electron chi connectivity index (χ0n) is 18.6. The lowest BCUT2D eigenvalue weighted by Gasteiger charge is -2.30. The number of hydrogen-bond acceptors (Lipinski definition) is 5. The van der Waals surface area contributed by atoms with Crippen molar-refractivity contribution in [2.24, 2.45) is 5.92 Å². The van der Waals surface area contributed by atoms with Crippen LogP contribution in [0.4, 0.5) is 4.79 Å². The summed E-state index contributed by atoms with van der Waals surface area (Å²) in [6.07, 6.45) is 2.02. The number of rotatable bonds is 6. The van der Waals surface area contributed by atoms with Crippen molar-refractivity contribution in [1.82, 2.24) is 25.1 Å². The Balaban J connectivity index is 1.89. The van der Waals surface area contributed by atoms with Crippen LogP contribution in [0.1, 0.15) is 32.1 Å². The van der Waals surface area contributed by atoms with Crippen LogP contribution in [0, 0.1) is 5.92 Å². The highest BCUT2D eigenvalue weighted by molar-refractivity contribution is 9.10. The summed E-state index contributed by atoms with van der Waals surface area (Å²) in [6.45, 7) is 4.38. The van der Waals surface area contributed by atoms with Crippen molar-refractivity contribution in [2.75, 3.05) is 27.7 Å². The van der Waals surface area contributed by atoms with Gasteiger partial charge in [0.2, 0.25) is 5.91 Å². The summed E-state index contributed by atoms with van der Waals surface area (Å²) in [5.74, 6) is 0.535. The van der Waals surface area contributed by atoms with E-state index in [0.717, 1.165) is 28.0 Å². The Morgan fingerprint density at radius 3 is 2.55 bits per heavy atom. The number of amides is 2. The SMILES string of the molecule is COC(=O)N[C@H](C(=O)N1C[C@@H](N(C)C)C[C@H]1c1nc(-c2ccc(Br)cc2)c[nH]1)C(C)C. The Hall–Kier alpha value is -2.39. The van der Waals surface area contributed by atoms with Gasteiger partial charge in [-0.25, -0.2) is 9.78 Å². The van der Waals surface area contributed by atoms with E-state index in [9.17, 15) is 9.59 Å². The number of nitrogens with one attached hydrogen (secondary N) is 2. The molecule has 0 bridgehead atoms. The highest BCUT2D eigenvalue weighted by Crippen LogP contribution is 2.34. The molecule has 1 aromatic heterocycles. The van der Waals surface area contributed by atoms with Gasteiger partial charge in [-0.3, -0.25) is 4.79 Å². The molecular formula is C22H30BrN5O3. The minimum Gasteiger partial charge on any atom is -0.453 e. The number of benzene rings is 1. The predicted molar refractivity (Wildman–Crippen MR) is 122 cm³/mol. The molecule has 1 saturated heterocycles. The molecule has 1 aliphatic heterocycles. The van der Waals surface area contributed by atoms with Crippen molar-refractivity contribution in [1.29, 1.82) is 0 Å². The predicted octanol–water partition coefficient (Wildman–Crippen LogP) is 3.42. The van der Waals surface area contributed by atoms with Gasteiger partial charge in [-0.05, 0) is 38.6 Å². The van der Waals surface area contributed by atoms with Crippen LogP contribution in [0.15, 0.2) is 34.9 Å².